The average molecular weight is 646 g/mol. The molecule has 0 rings (SSSR count). The van der Waals surface area contributed by atoms with Crippen LogP contribution in [0.4, 0.5) is 0 Å². The molecule has 0 aliphatic rings. The van der Waals surface area contributed by atoms with Crippen LogP contribution in [0, 0.1) is 0 Å². The van der Waals surface area contributed by atoms with E-state index < -0.39 is 28.0 Å². The SMILES string of the molecule is CC/C=C\C/C=C\C/C=C\C/C=C\C/C=C\CCCC(=O)NC(CS(=O)(=O)O)C(O)/C=C/CC/C=C/CCCCCCCCC. The molecule has 3 N–H and O–H groups in total. The van der Waals surface area contributed by atoms with E-state index >= 15 is 0 Å². The van der Waals surface area contributed by atoms with Gasteiger partial charge in [-0.05, 0) is 70.6 Å². The van der Waals surface area contributed by atoms with Gasteiger partial charge in [-0.15, -0.1) is 0 Å². The molecule has 0 fully saturated rings. The first-order valence-corrected chi connectivity index (χ1v) is 18.9. The minimum absolute atomic E-state index is 0.205. The van der Waals surface area contributed by atoms with Gasteiger partial charge in [-0.25, -0.2) is 0 Å². The first-order chi connectivity index (χ1) is 21.8. The number of aliphatic hydroxyl groups is 1. The van der Waals surface area contributed by atoms with Crippen molar-refractivity contribution in [1.82, 2.24) is 5.32 Å². The Bertz CT molecular complexity index is 1020. The summed E-state index contributed by atoms with van der Waals surface area (Å²) < 4.78 is 32.3. The van der Waals surface area contributed by atoms with Crippen molar-refractivity contribution in [2.24, 2.45) is 0 Å². The van der Waals surface area contributed by atoms with Gasteiger partial charge in [0.2, 0.25) is 5.91 Å². The lowest BCUT2D eigenvalue weighted by atomic mass is 10.1. The highest BCUT2D eigenvalue weighted by molar-refractivity contribution is 7.85. The van der Waals surface area contributed by atoms with Crippen molar-refractivity contribution < 1.29 is 22.9 Å². The topological polar surface area (TPSA) is 104 Å². The van der Waals surface area contributed by atoms with E-state index in [4.69, 9.17) is 0 Å². The Labute approximate surface area is 276 Å². The van der Waals surface area contributed by atoms with E-state index in [1.54, 1.807) is 6.08 Å². The number of carbonyl (C=O) groups is 1. The first kappa shape index (κ1) is 42.5. The van der Waals surface area contributed by atoms with Crippen LogP contribution in [0.25, 0.3) is 0 Å². The standard InChI is InChI=1S/C38H63NO5S/c1-3-5-7-9-11-13-15-17-18-19-20-22-24-26-28-30-32-34-38(41)39-36(35-45(42,43)44)37(40)33-31-29-27-25-23-21-16-14-12-10-8-6-4-2/h5,7,11,13,17-18,20,22-23,25-26,28,31,33,36-37,40H,3-4,6,8-10,12,14-16,19,21,24,27,29-30,32,34-35H2,1-2H3,(H,39,41)(H,42,43,44)/b7-5-,13-11-,18-17-,22-20-,25-23+,28-26-,33-31+. The molecule has 0 bridgehead atoms. The summed E-state index contributed by atoms with van der Waals surface area (Å²) in [6, 6.07) is -1.11. The highest BCUT2D eigenvalue weighted by Gasteiger charge is 2.24. The number of hydrogen-bond acceptors (Lipinski definition) is 4. The van der Waals surface area contributed by atoms with Crippen molar-refractivity contribution in [3.8, 4) is 0 Å². The number of allylic oxidation sites excluding steroid dienone is 13. The third-order valence-corrected chi connectivity index (χ3v) is 7.84. The monoisotopic (exact) mass is 645 g/mol. The van der Waals surface area contributed by atoms with Crippen LogP contribution < -0.4 is 5.32 Å². The second kappa shape index (κ2) is 31.5. The Hall–Kier alpha value is -2.48. The van der Waals surface area contributed by atoms with Crippen LogP contribution in [0.15, 0.2) is 85.1 Å². The van der Waals surface area contributed by atoms with Crippen molar-refractivity contribution in [3.05, 3.63) is 85.1 Å². The fourth-order valence-corrected chi connectivity index (χ4v) is 5.23. The average Bonchev–Trinajstić information content (AvgIpc) is 3.00. The molecule has 7 heteroatoms. The summed E-state index contributed by atoms with van der Waals surface area (Å²) in [6.45, 7) is 4.36. The van der Waals surface area contributed by atoms with Crippen LogP contribution in [-0.4, -0.2) is 41.9 Å². The summed E-state index contributed by atoms with van der Waals surface area (Å²) in [7, 11) is -4.37. The van der Waals surface area contributed by atoms with Crippen molar-refractivity contribution in [2.75, 3.05) is 5.75 Å². The van der Waals surface area contributed by atoms with Crippen LogP contribution in [-0.2, 0) is 14.9 Å². The Kier molecular flexibility index (Phi) is 29.8. The Morgan fingerprint density at radius 1 is 0.622 bits per heavy atom. The normalized spacial score (nSPS) is 14.5. The van der Waals surface area contributed by atoms with Gasteiger partial charge in [0.15, 0.2) is 0 Å². The van der Waals surface area contributed by atoms with Crippen LogP contribution in [0.2, 0.25) is 0 Å². The second-order valence-electron chi connectivity index (χ2n) is 11.4. The van der Waals surface area contributed by atoms with E-state index in [1.807, 2.05) is 6.08 Å². The molecular weight excluding hydrogens is 582 g/mol. The molecule has 0 aromatic heterocycles. The molecule has 1 amide bonds. The van der Waals surface area contributed by atoms with Crippen molar-refractivity contribution in [2.45, 2.75) is 142 Å². The molecule has 0 aliphatic heterocycles. The molecule has 2 atom stereocenters. The molecular formula is C38H63NO5S. The van der Waals surface area contributed by atoms with E-state index in [0.29, 0.717) is 12.8 Å². The summed E-state index contributed by atoms with van der Waals surface area (Å²) in [5.74, 6) is -1.09. The minimum atomic E-state index is -4.37. The summed E-state index contributed by atoms with van der Waals surface area (Å²) >= 11 is 0. The van der Waals surface area contributed by atoms with E-state index in [-0.39, 0.29) is 12.3 Å². The fourth-order valence-electron chi connectivity index (χ4n) is 4.50. The first-order valence-electron chi connectivity index (χ1n) is 17.3. The third-order valence-electron chi connectivity index (χ3n) is 7.06. The Morgan fingerprint density at radius 2 is 1.09 bits per heavy atom. The number of hydrogen-bond donors (Lipinski definition) is 3. The van der Waals surface area contributed by atoms with E-state index in [1.165, 1.54) is 51.0 Å². The maximum absolute atomic E-state index is 12.4. The van der Waals surface area contributed by atoms with Gasteiger partial charge >= 0.3 is 0 Å². The lowest BCUT2D eigenvalue weighted by Crippen LogP contribution is -2.46. The van der Waals surface area contributed by atoms with E-state index in [9.17, 15) is 22.9 Å². The van der Waals surface area contributed by atoms with Crippen LogP contribution in [0.3, 0.4) is 0 Å². The highest BCUT2D eigenvalue weighted by atomic mass is 32.2. The van der Waals surface area contributed by atoms with Gasteiger partial charge in [-0.1, -0.05) is 137 Å². The summed E-state index contributed by atoms with van der Waals surface area (Å²) in [5, 5.41) is 13.1. The smallest absolute Gasteiger partial charge is 0.267 e. The number of rotatable bonds is 29. The van der Waals surface area contributed by atoms with Crippen molar-refractivity contribution in [1.29, 1.82) is 0 Å². The predicted octanol–water partition coefficient (Wildman–Crippen LogP) is 9.67. The number of aliphatic hydroxyl groups excluding tert-OH is 1. The molecule has 0 heterocycles. The molecule has 2 unspecified atom stereocenters. The quantitative estimate of drug-likeness (QED) is 0.0427. The second-order valence-corrected chi connectivity index (χ2v) is 12.9. The minimum Gasteiger partial charge on any atom is -0.387 e. The molecule has 0 aromatic carbocycles. The van der Waals surface area contributed by atoms with Gasteiger partial charge in [0.25, 0.3) is 10.1 Å². The molecule has 0 saturated carbocycles. The van der Waals surface area contributed by atoms with Gasteiger partial charge < -0.3 is 10.4 Å². The molecule has 0 saturated heterocycles. The van der Waals surface area contributed by atoms with Crippen molar-refractivity contribution in [3.63, 3.8) is 0 Å². The lowest BCUT2D eigenvalue weighted by molar-refractivity contribution is -0.122. The number of unbranched alkanes of at least 4 members (excludes halogenated alkanes) is 9. The lowest BCUT2D eigenvalue weighted by Gasteiger charge is -2.21. The third kappa shape index (κ3) is 32.7. The zero-order valence-electron chi connectivity index (χ0n) is 28.2. The van der Waals surface area contributed by atoms with Crippen LogP contribution in [0.1, 0.15) is 129 Å². The van der Waals surface area contributed by atoms with Crippen LogP contribution >= 0.6 is 0 Å². The zero-order valence-corrected chi connectivity index (χ0v) is 29.0. The summed E-state index contributed by atoms with van der Waals surface area (Å²) in [6.07, 6.45) is 45.7. The Balaban J connectivity index is 4.22. The van der Waals surface area contributed by atoms with Gasteiger partial charge in [-0.2, -0.15) is 8.42 Å². The van der Waals surface area contributed by atoms with Gasteiger partial charge in [0.1, 0.15) is 0 Å². The van der Waals surface area contributed by atoms with Gasteiger partial charge in [0, 0.05) is 6.42 Å². The predicted molar refractivity (Wildman–Crippen MR) is 193 cm³/mol. The number of carbonyl (C=O) groups excluding carboxylic acids is 1. The highest BCUT2D eigenvalue weighted by Crippen LogP contribution is 2.09. The van der Waals surface area contributed by atoms with Crippen LogP contribution in [0.5, 0.6) is 0 Å². The van der Waals surface area contributed by atoms with Gasteiger partial charge in [0.05, 0.1) is 17.9 Å². The van der Waals surface area contributed by atoms with E-state index in [2.05, 4.69) is 86.0 Å². The van der Waals surface area contributed by atoms with Gasteiger partial charge in [-0.3, -0.25) is 9.35 Å². The molecule has 0 spiro atoms. The molecule has 0 aromatic rings. The molecule has 0 radical (unpaired) electrons. The Morgan fingerprint density at radius 3 is 1.67 bits per heavy atom. The number of amides is 1. The molecule has 45 heavy (non-hydrogen) atoms. The largest absolute Gasteiger partial charge is 0.387 e. The zero-order chi connectivity index (χ0) is 33.3. The maximum atomic E-state index is 12.4. The summed E-state index contributed by atoms with van der Waals surface area (Å²) in [5.41, 5.74) is 0. The number of nitrogens with one attached hydrogen (secondary N) is 1. The van der Waals surface area contributed by atoms with Crippen molar-refractivity contribution >= 4 is 16.0 Å². The van der Waals surface area contributed by atoms with E-state index in [0.717, 1.165) is 51.4 Å². The molecule has 6 nitrogen and oxygen atoms in total. The molecule has 0 aliphatic carbocycles. The molecule has 256 valence electrons. The summed E-state index contributed by atoms with van der Waals surface area (Å²) in [4.78, 5) is 12.4. The fraction of sp³-hybridized carbons (Fsp3) is 0.605. The maximum Gasteiger partial charge on any atom is 0.267 e.